The molecule has 2 heterocycles. The minimum atomic E-state index is -3.59. The molecule has 0 spiro atoms. The van der Waals surface area contributed by atoms with Gasteiger partial charge in [-0.05, 0) is 0 Å². The number of hydrogen-bond donors (Lipinski definition) is 4. The number of imidazole rings is 2. The van der Waals surface area contributed by atoms with Gasteiger partial charge in [-0.25, -0.2) is 29.1 Å². The average molecular weight is 556 g/mol. The van der Waals surface area contributed by atoms with Gasteiger partial charge in [0, 0.05) is 38.6 Å². The number of carbonyl (C=O) groups excluding carboxylic acids is 8. The molecule has 2 rings (SSSR count). The predicted octanol–water partition coefficient (Wildman–Crippen LogP) is -1.69. The van der Waals surface area contributed by atoms with Crippen molar-refractivity contribution >= 4 is 65.5 Å². The summed E-state index contributed by atoms with van der Waals surface area (Å²) in [6, 6.07) is -1.57. The highest BCUT2D eigenvalue weighted by molar-refractivity contribution is 7.35. The van der Waals surface area contributed by atoms with Crippen molar-refractivity contribution in [1.29, 1.82) is 0 Å². The molecule has 0 aliphatic rings. The molecule has 0 aliphatic carbocycles. The van der Waals surface area contributed by atoms with Gasteiger partial charge in [-0.15, -0.1) is 0 Å². The summed E-state index contributed by atoms with van der Waals surface area (Å²) in [6.07, 6.45) is 7.39. The Bertz CT molecular complexity index is 1120. The zero-order chi connectivity index (χ0) is 27.6. The van der Waals surface area contributed by atoms with Crippen molar-refractivity contribution in [2.24, 2.45) is 5.41 Å². The highest BCUT2D eigenvalue weighted by Crippen LogP contribution is 2.26. The molecule has 2 atom stereocenters. The lowest BCUT2D eigenvalue weighted by Crippen LogP contribution is -2.60. The van der Waals surface area contributed by atoms with Crippen molar-refractivity contribution < 1.29 is 47.8 Å². The Kier molecular flexibility index (Phi) is 10.0. The number of carbonyl (C=O) groups is 8. The van der Waals surface area contributed by atoms with Gasteiger partial charge in [0.1, 0.15) is 12.7 Å². The van der Waals surface area contributed by atoms with Crippen LogP contribution in [-0.4, -0.2) is 66.9 Å². The van der Waals surface area contributed by atoms with E-state index in [4.69, 9.17) is 0 Å². The molecule has 2 aromatic rings. The molecule has 0 saturated heterocycles. The van der Waals surface area contributed by atoms with Crippen LogP contribution in [-0.2, 0) is 38.2 Å². The lowest BCUT2D eigenvalue weighted by Gasteiger charge is -2.25. The van der Waals surface area contributed by atoms with Crippen LogP contribution in [0.1, 0.15) is 13.8 Å². The van der Waals surface area contributed by atoms with Gasteiger partial charge in [0.25, 0.3) is 11.8 Å². The van der Waals surface area contributed by atoms with Crippen molar-refractivity contribution in [3.05, 3.63) is 37.4 Å². The standard InChI is InChI=1S/C17H18N8O10P2/c1-9(26)34-13(30)17(14(31)35-10(2)27,11(28)20-36-22-15(32)24-5-3-18-7-24)12(29)21-37-23-16(33)25-6-4-19-8-25/h3-8,36-37H,1-2H3,(H,20,28)(H,21,29)(H,22,32)(H,23,33). The highest BCUT2D eigenvalue weighted by Gasteiger charge is 2.63. The van der Waals surface area contributed by atoms with E-state index in [1.165, 1.54) is 24.8 Å². The Hall–Kier alpha value is -4.56. The van der Waals surface area contributed by atoms with Gasteiger partial charge in [0.2, 0.25) is 0 Å². The van der Waals surface area contributed by atoms with E-state index in [2.05, 4.69) is 29.6 Å². The minimum absolute atomic E-state index is 0.745. The number of aromatic nitrogens is 4. The molecule has 4 amide bonds. The topological polar surface area (TPSA) is 239 Å². The number of ether oxygens (including phenoxy) is 2. The number of esters is 4. The molecule has 0 fully saturated rings. The zero-order valence-corrected chi connectivity index (χ0v) is 20.8. The summed E-state index contributed by atoms with van der Waals surface area (Å²) in [5, 5.41) is 8.35. The van der Waals surface area contributed by atoms with Crippen LogP contribution in [0, 0.1) is 5.41 Å². The summed E-state index contributed by atoms with van der Waals surface area (Å²) in [7, 11) is -2.07. The average Bonchev–Trinajstić information content (AvgIpc) is 3.53. The lowest BCUT2D eigenvalue weighted by molar-refractivity contribution is -0.180. The van der Waals surface area contributed by atoms with Crippen molar-refractivity contribution in [3.63, 3.8) is 0 Å². The van der Waals surface area contributed by atoms with Crippen molar-refractivity contribution in [2.45, 2.75) is 13.8 Å². The molecule has 196 valence electrons. The van der Waals surface area contributed by atoms with Crippen molar-refractivity contribution in [1.82, 2.24) is 39.5 Å². The lowest BCUT2D eigenvalue weighted by atomic mass is 9.86. The summed E-state index contributed by atoms with van der Waals surface area (Å²) in [5.41, 5.74) is -3.59. The van der Waals surface area contributed by atoms with Gasteiger partial charge in [-0.3, -0.25) is 28.3 Å². The summed E-state index contributed by atoms with van der Waals surface area (Å²) < 4.78 is 10.6. The summed E-state index contributed by atoms with van der Waals surface area (Å²) in [6.45, 7) is 1.49. The quantitative estimate of drug-likeness (QED) is 0.162. The predicted molar refractivity (Wildman–Crippen MR) is 121 cm³/mol. The van der Waals surface area contributed by atoms with Crippen LogP contribution in [0.25, 0.3) is 0 Å². The first kappa shape index (κ1) is 28.7. The summed E-state index contributed by atoms with van der Waals surface area (Å²) >= 11 is 0. The van der Waals surface area contributed by atoms with Crippen LogP contribution < -0.4 is 20.3 Å². The monoisotopic (exact) mass is 556 g/mol. The molecule has 0 saturated carbocycles. The SMILES string of the molecule is CC(=O)OC(=O)C(C(=O)NPNC(=O)n1ccnc1)(C(=O)NPNC(=O)n1ccnc1)C(=O)OC(C)=O. The molecular formula is C17H18N8O10P2. The largest absolute Gasteiger partial charge is 0.392 e. The first-order valence-electron chi connectivity index (χ1n) is 9.63. The van der Waals surface area contributed by atoms with Crippen LogP contribution >= 0.6 is 17.8 Å². The Morgan fingerprint density at radius 3 is 1.35 bits per heavy atom. The van der Waals surface area contributed by atoms with E-state index in [9.17, 15) is 38.4 Å². The van der Waals surface area contributed by atoms with Gasteiger partial charge in [-0.2, -0.15) is 0 Å². The molecule has 0 radical (unpaired) electrons. The molecule has 18 nitrogen and oxygen atoms in total. The highest BCUT2D eigenvalue weighted by atomic mass is 31.1. The van der Waals surface area contributed by atoms with E-state index in [0.717, 1.165) is 35.6 Å². The van der Waals surface area contributed by atoms with Crippen LogP contribution in [0.15, 0.2) is 37.4 Å². The van der Waals surface area contributed by atoms with E-state index in [0.29, 0.717) is 0 Å². The van der Waals surface area contributed by atoms with Gasteiger partial charge in [0.05, 0.1) is 17.8 Å². The minimum Gasteiger partial charge on any atom is -0.392 e. The molecule has 20 heteroatoms. The number of nitrogens with one attached hydrogen (secondary N) is 4. The Balaban J connectivity index is 2.29. The number of amides is 4. The van der Waals surface area contributed by atoms with Gasteiger partial charge >= 0.3 is 41.4 Å². The van der Waals surface area contributed by atoms with E-state index in [1.807, 2.05) is 10.2 Å². The van der Waals surface area contributed by atoms with Crippen LogP contribution in [0.5, 0.6) is 0 Å². The number of nitrogens with zero attached hydrogens (tertiary/aromatic N) is 4. The number of rotatable bonds is 8. The summed E-state index contributed by atoms with van der Waals surface area (Å²) in [5.74, 6) is -10.0. The molecule has 4 N–H and O–H groups in total. The van der Waals surface area contributed by atoms with Gasteiger partial charge in [-0.1, -0.05) is 0 Å². The third-order valence-electron chi connectivity index (χ3n) is 3.94. The first-order valence-corrected chi connectivity index (χ1v) is 11.6. The second-order valence-electron chi connectivity index (χ2n) is 6.47. The second kappa shape index (κ2) is 12.9. The molecule has 37 heavy (non-hydrogen) atoms. The van der Waals surface area contributed by atoms with E-state index in [1.54, 1.807) is 0 Å². The zero-order valence-electron chi connectivity index (χ0n) is 18.8. The van der Waals surface area contributed by atoms with Gasteiger partial charge in [0.15, 0.2) is 0 Å². The maximum atomic E-state index is 13.0. The van der Waals surface area contributed by atoms with Crippen LogP contribution in [0.2, 0.25) is 0 Å². The fraction of sp³-hybridized carbons (Fsp3) is 0.176. The van der Waals surface area contributed by atoms with Crippen LogP contribution in [0.3, 0.4) is 0 Å². The molecule has 2 aromatic heterocycles. The Morgan fingerprint density at radius 1 is 0.676 bits per heavy atom. The molecule has 0 aliphatic heterocycles. The van der Waals surface area contributed by atoms with Gasteiger partial charge < -0.3 is 29.8 Å². The molecule has 0 bridgehead atoms. The smallest absolute Gasteiger partial charge is 0.350 e. The van der Waals surface area contributed by atoms with Crippen LogP contribution in [0.4, 0.5) is 9.59 Å². The van der Waals surface area contributed by atoms with E-state index < -0.39 is 70.9 Å². The maximum Gasteiger partial charge on any atom is 0.350 e. The Morgan fingerprint density at radius 2 is 1.05 bits per heavy atom. The Labute approximate surface area is 210 Å². The van der Waals surface area contributed by atoms with E-state index >= 15 is 0 Å². The molecular weight excluding hydrogens is 538 g/mol. The third kappa shape index (κ3) is 7.22. The molecule has 2 unspecified atom stereocenters. The van der Waals surface area contributed by atoms with Crippen molar-refractivity contribution in [2.75, 3.05) is 0 Å². The fourth-order valence-electron chi connectivity index (χ4n) is 2.33. The normalized spacial score (nSPS) is 11.1. The second-order valence-corrected chi connectivity index (χ2v) is 7.97. The number of hydrogen-bond acceptors (Lipinski definition) is 12. The fourth-order valence-corrected chi connectivity index (χ4v) is 3.53. The third-order valence-corrected chi connectivity index (χ3v) is 5.32. The van der Waals surface area contributed by atoms with Crippen molar-refractivity contribution in [3.8, 4) is 0 Å². The summed E-state index contributed by atoms with van der Waals surface area (Å²) in [4.78, 5) is 106. The molecule has 0 aromatic carbocycles. The maximum absolute atomic E-state index is 13.0. The van der Waals surface area contributed by atoms with E-state index in [-0.39, 0.29) is 0 Å². The first-order chi connectivity index (χ1) is 17.5.